The highest BCUT2D eigenvalue weighted by molar-refractivity contribution is 5.91. The fourth-order valence-electron chi connectivity index (χ4n) is 1.45. The van der Waals surface area contributed by atoms with E-state index in [0.29, 0.717) is 12.3 Å². The molecule has 0 aliphatic heterocycles. The van der Waals surface area contributed by atoms with E-state index in [2.05, 4.69) is 31.4 Å². The molecule has 0 radical (unpaired) electrons. The highest BCUT2D eigenvalue weighted by Gasteiger charge is 2.03. The van der Waals surface area contributed by atoms with Crippen molar-refractivity contribution in [2.24, 2.45) is 5.92 Å². The maximum absolute atomic E-state index is 11.3. The number of amides is 1. The minimum Gasteiger partial charge on any atom is -0.385 e. The summed E-state index contributed by atoms with van der Waals surface area (Å²) in [4.78, 5) is 11.3. The molecule has 0 saturated heterocycles. The fourth-order valence-corrected chi connectivity index (χ4v) is 1.45. The van der Waals surface area contributed by atoms with Crippen molar-refractivity contribution in [1.82, 2.24) is 0 Å². The normalized spacial score (nSPS) is 10.4. The van der Waals surface area contributed by atoms with Crippen molar-refractivity contribution >= 4 is 17.3 Å². The van der Waals surface area contributed by atoms with Gasteiger partial charge in [0.2, 0.25) is 5.91 Å². The van der Waals surface area contributed by atoms with E-state index in [1.165, 1.54) is 5.56 Å². The van der Waals surface area contributed by atoms with Crippen molar-refractivity contribution in [2.75, 3.05) is 17.2 Å². The van der Waals surface area contributed by atoms with E-state index >= 15 is 0 Å². The van der Waals surface area contributed by atoms with Gasteiger partial charge in [0.05, 0.1) is 0 Å². The molecule has 1 amide bonds. The number of anilines is 2. The first-order valence-electron chi connectivity index (χ1n) is 6.17. The predicted molar refractivity (Wildman–Crippen MR) is 73.4 cm³/mol. The van der Waals surface area contributed by atoms with Crippen molar-refractivity contribution in [2.45, 2.75) is 34.1 Å². The molecule has 1 aromatic carbocycles. The number of benzene rings is 1. The SMILES string of the molecule is CCC(=O)Nc1ccc(C)c(NCC(C)C)c1. The minimum atomic E-state index is 0.0451. The summed E-state index contributed by atoms with van der Waals surface area (Å²) in [5, 5.41) is 6.26. The molecule has 0 aromatic heterocycles. The van der Waals surface area contributed by atoms with Gasteiger partial charge in [-0.15, -0.1) is 0 Å². The second-order valence-corrected chi connectivity index (χ2v) is 4.71. The van der Waals surface area contributed by atoms with Crippen LogP contribution in [0, 0.1) is 12.8 Å². The molecular weight excluding hydrogens is 212 g/mol. The predicted octanol–water partition coefficient (Wildman–Crippen LogP) is 3.41. The average molecular weight is 234 g/mol. The highest BCUT2D eigenvalue weighted by Crippen LogP contribution is 2.20. The summed E-state index contributed by atoms with van der Waals surface area (Å²) < 4.78 is 0. The lowest BCUT2D eigenvalue weighted by molar-refractivity contribution is -0.115. The van der Waals surface area contributed by atoms with Gasteiger partial charge in [-0.25, -0.2) is 0 Å². The Balaban J connectivity index is 2.75. The molecule has 0 aliphatic rings. The number of nitrogens with one attached hydrogen (secondary N) is 2. The van der Waals surface area contributed by atoms with Crippen LogP contribution < -0.4 is 10.6 Å². The molecule has 0 heterocycles. The molecule has 0 spiro atoms. The monoisotopic (exact) mass is 234 g/mol. The Bertz CT molecular complexity index is 386. The van der Waals surface area contributed by atoms with E-state index in [9.17, 15) is 4.79 Å². The Kier molecular flexibility index (Phi) is 5.01. The van der Waals surface area contributed by atoms with Crippen LogP contribution >= 0.6 is 0 Å². The lowest BCUT2D eigenvalue weighted by Gasteiger charge is -2.13. The average Bonchev–Trinajstić information content (AvgIpc) is 2.29. The van der Waals surface area contributed by atoms with Crippen LogP contribution in [0.4, 0.5) is 11.4 Å². The third-order valence-electron chi connectivity index (χ3n) is 2.54. The van der Waals surface area contributed by atoms with Crippen molar-refractivity contribution in [1.29, 1.82) is 0 Å². The Morgan fingerprint density at radius 3 is 2.65 bits per heavy atom. The van der Waals surface area contributed by atoms with Crippen LogP contribution in [0.1, 0.15) is 32.8 Å². The summed E-state index contributed by atoms with van der Waals surface area (Å²) in [6.07, 6.45) is 0.503. The van der Waals surface area contributed by atoms with Crippen LogP contribution in [-0.4, -0.2) is 12.5 Å². The summed E-state index contributed by atoms with van der Waals surface area (Å²) in [7, 11) is 0. The van der Waals surface area contributed by atoms with E-state index in [-0.39, 0.29) is 5.91 Å². The van der Waals surface area contributed by atoms with Crippen molar-refractivity contribution in [3.63, 3.8) is 0 Å². The van der Waals surface area contributed by atoms with Crippen LogP contribution in [0.2, 0.25) is 0 Å². The van der Waals surface area contributed by atoms with Gasteiger partial charge in [0.1, 0.15) is 0 Å². The molecule has 0 atom stereocenters. The first-order valence-corrected chi connectivity index (χ1v) is 6.17. The molecule has 94 valence electrons. The topological polar surface area (TPSA) is 41.1 Å². The Morgan fingerprint density at radius 1 is 1.35 bits per heavy atom. The first-order chi connectivity index (χ1) is 8.02. The van der Waals surface area contributed by atoms with Gasteiger partial charge in [-0.1, -0.05) is 26.8 Å². The molecule has 0 aliphatic carbocycles. The number of rotatable bonds is 5. The summed E-state index contributed by atoms with van der Waals surface area (Å²) in [5.41, 5.74) is 3.14. The summed E-state index contributed by atoms with van der Waals surface area (Å²) in [6, 6.07) is 5.95. The number of hydrogen-bond acceptors (Lipinski definition) is 2. The largest absolute Gasteiger partial charge is 0.385 e. The number of hydrogen-bond donors (Lipinski definition) is 2. The van der Waals surface area contributed by atoms with Gasteiger partial charge in [0.25, 0.3) is 0 Å². The summed E-state index contributed by atoms with van der Waals surface area (Å²) in [6.45, 7) is 9.19. The molecule has 0 unspecified atom stereocenters. The van der Waals surface area contributed by atoms with Gasteiger partial charge < -0.3 is 10.6 Å². The van der Waals surface area contributed by atoms with Gasteiger partial charge in [-0.3, -0.25) is 4.79 Å². The molecule has 3 nitrogen and oxygen atoms in total. The molecule has 0 bridgehead atoms. The van der Waals surface area contributed by atoms with E-state index in [4.69, 9.17) is 0 Å². The van der Waals surface area contributed by atoms with E-state index in [0.717, 1.165) is 17.9 Å². The second-order valence-electron chi connectivity index (χ2n) is 4.71. The Hall–Kier alpha value is -1.51. The van der Waals surface area contributed by atoms with E-state index < -0.39 is 0 Å². The smallest absolute Gasteiger partial charge is 0.224 e. The number of carbonyl (C=O) groups excluding carboxylic acids is 1. The summed E-state index contributed by atoms with van der Waals surface area (Å²) >= 11 is 0. The molecule has 3 heteroatoms. The van der Waals surface area contributed by atoms with Gasteiger partial charge in [-0.2, -0.15) is 0 Å². The third kappa shape index (κ3) is 4.47. The number of aryl methyl sites for hydroxylation is 1. The van der Waals surface area contributed by atoms with Crippen LogP contribution in [-0.2, 0) is 4.79 Å². The number of carbonyl (C=O) groups is 1. The molecule has 0 saturated carbocycles. The quantitative estimate of drug-likeness (QED) is 0.819. The second kappa shape index (κ2) is 6.28. The Morgan fingerprint density at radius 2 is 2.06 bits per heavy atom. The van der Waals surface area contributed by atoms with Crippen LogP contribution in [0.3, 0.4) is 0 Å². The maximum atomic E-state index is 11.3. The van der Waals surface area contributed by atoms with Gasteiger partial charge in [0, 0.05) is 24.3 Å². The van der Waals surface area contributed by atoms with Crippen molar-refractivity contribution in [3.05, 3.63) is 23.8 Å². The van der Waals surface area contributed by atoms with E-state index in [1.807, 2.05) is 25.1 Å². The van der Waals surface area contributed by atoms with Crippen LogP contribution in [0.15, 0.2) is 18.2 Å². The maximum Gasteiger partial charge on any atom is 0.224 e. The lowest BCUT2D eigenvalue weighted by Crippen LogP contribution is -2.11. The minimum absolute atomic E-state index is 0.0451. The van der Waals surface area contributed by atoms with Crippen molar-refractivity contribution in [3.8, 4) is 0 Å². The zero-order valence-electron chi connectivity index (χ0n) is 11.1. The molecule has 0 fully saturated rings. The van der Waals surface area contributed by atoms with Gasteiger partial charge in [-0.05, 0) is 30.5 Å². The zero-order valence-corrected chi connectivity index (χ0v) is 11.1. The van der Waals surface area contributed by atoms with Crippen LogP contribution in [0.5, 0.6) is 0 Å². The highest BCUT2D eigenvalue weighted by atomic mass is 16.1. The molecule has 1 rings (SSSR count). The summed E-state index contributed by atoms with van der Waals surface area (Å²) in [5.74, 6) is 0.645. The molecule has 17 heavy (non-hydrogen) atoms. The Labute approximate surface area is 104 Å². The fraction of sp³-hybridized carbons (Fsp3) is 0.500. The lowest BCUT2D eigenvalue weighted by atomic mass is 10.1. The zero-order chi connectivity index (χ0) is 12.8. The third-order valence-corrected chi connectivity index (χ3v) is 2.54. The van der Waals surface area contributed by atoms with Crippen molar-refractivity contribution < 1.29 is 4.79 Å². The van der Waals surface area contributed by atoms with E-state index in [1.54, 1.807) is 0 Å². The standard InChI is InChI=1S/C14H22N2O/c1-5-14(17)16-12-7-6-11(4)13(8-12)15-9-10(2)3/h6-8,10,15H,5,9H2,1-4H3,(H,16,17). The van der Waals surface area contributed by atoms with Gasteiger partial charge in [0.15, 0.2) is 0 Å². The molecular formula is C14H22N2O. The molecule has 2 N–H and O–H groups in total. The first kappa shape index (κ1) is 13.6. The van der Waals surface area contributed by atoms with Gasteiger partial charge >= 0.3 is 0 Å². The van der Waals surface area contributed by atoms with Crippen LogP contribution in [0.25, 0.3) is 0 Å². The molecule has 1 aromatic rings.